The summed E-state index contributed by atoms with van der Waals surface area (Å²) in [6.07, 6.45) is 0.0361. The number of imide groups is 1. The minimum Gasteiger partial charge on any atom is -0.494 e. The minimum absolute atomic E-state index is 0.0594. The van der Waals surface area contributed by atoms with Crippen LogP contribution in [0.25, 0.3) is 0 Å². The largest absolute Gasteiger partial charge is 0.494 e. The van der Waals surface area contributed by atoms with Crippen molar-refractivity contribution in [2.24, 2.45) is 4.99 Å². The maximum Gasteiger partial charge on any atom is 0.262 e. The molecule has 0 bridgehead atoms. The smallest absolute Gasteiger partial charge is 0.262 e. The highest BCUT2D eigenvalue weighted by Crippen LogP contribution is 2.47. The molecule has 4 aromatic rings. The Morgan fingerprint density at radius 3 is 2.43 bits per heavy atom. The van der Waals surface area contributed by atoms with Crippen molar-refractivity contribution in [3.8, 4) is 5.75 Å². The van der Waals surface area contributed by atoms with Gasteiger partial charge in [0.2, 0.25) is 5.90 Å². The van der Waals surface area contributed by atoms with Gasteiger partial charge in [0.05, 0.1) is 13.2 Å². The van der Waals surface area contributed by atoms with Crippen LogP contribution in [0.2, 0.25) is 0 Å². The number of rotatable bonds is 8. The highest BCUT2D eigenvalue weighted by Gasteiger charge is 2.57. The number of carbonyl (C=O) groups excluding carboxylic acids is 2. The van der Waals surface area contributed by atoms with Gasteiger partial charge in [-0.3, -0.25) is 14.5 Å². The maximum atomic E-state index is 14.7. The lowest BCUT2D eigenvalue weighted by Gasteiger charge is -2.31. The van der Waals surface area contributed by atoms with Gasteiger partial charge in [-0.1, -0.05) is 70.5 Å². The monoisotopic (exact) mass is 624 g/mol. The van der Waals surface area contributed by atoms with Crippen LogP contribution in [0.15, 0.2) is 113 Å². The van der Waals surface area contributed by atoms with Crippen LogP contribution in [-0.4, -0.2) is 46.5 Å². The summed E-state index contributed by atoms with van der Waals surface area (Å²) in [5.74, 6) is 0.209. The summed E-state index contributed by atoms with van der Waals surface area (Å²) >= 11 is 3.50. The quantitative estimate of drug-likeness (QED) is 0.195. The third-order valence-electron chi connectivity index (χ3n) is 7.57. The maximum absolute atomic E-state index is 14.7. The SMILES string of the molecule is O=C(c1ccccc1)N1Cc2ccccc2[C@H]2OC(c3ccc(OCCCO)cc3)=N[C@@]2(Cc2ccc(Br)cc2)C1=O. The Bertz CT molecular complexity index is 1620. The minimum atomic E-state index is -1.42. The number of halogens is 1. The number of amides is 2. The Labute approximate surface area is 252 Å². The summed E-state index contributed by atoms with van der Waals surface area (Å²) in [7, 11) is 0. The molecule has 8 heteroatoms. The van der Waals surface area contributed by atoms with Gasteiger partial charge in [-0.05, 0) is 59.7 Å². The highest BCUT2D eigenvalue weighted by molar-refractivity contribution is 9.10. The van der Waals surface area contributed by atoms with Crippen molar-refractivity contribution in [2.45, 2.75) is 31.0 Å². The summed E-state index contributed by atoms with van der Waals surface area (Å²) < 4.78 is 13.2. The number of benzene rings is 4. The lowest BCUT2D eigenvalue weighted by atomic mass is 9.81. The van der Waals surface area contributed by atoms with Crippen molar-refractivity contribution >= 4 is 33.6 Å². The number of carbonyl (C=O) groups is 2. The number of ether oxygens (including phenoxy) is 2. The standard InChI is InChI=1S/C34H29BrN2O5/c35-27-15-11-23(12-16-27)21-34-30(42-31(36-34)24-13-17-28(18-14-24)41-20-6-19-38)29-10-5-4-9-26(29)22-37(33(34)40)32(39)25-7-2-1-3-8-25/h1-5,7-18,30,38H,6,19-22H2/t30-,34-/m1/s1. The average Bonchev–Trinajstić information content (AvgIpc) is 3.37. The summed E-state index contributed by atoms with van der Waals surface area (Å²) in [5.41, 5.74) is 2.26. The van der Waals surface area contributed by atoms with Crippen LogP contribution >= 0.6 is 15.9 Å². The lowest BCUT2D eigenvalue weighted by molar-refractivity contribution is -0.136. The first-order valence-corrected chi connectivity index (χ1v) is 14.6. The Hall–Kier alpha value is -4.27. The summed E-state index contributed by atoms with van der Waals surface area (Å²) in [6.45, 7) is 0.585. The van der Waals surface area contributed by atoms with Gasteiger partial charge in [0.25, 0.3) is 11.8 Å². The molecule has 2 atom stereocenters. The van der Waals surface area contributed by atoms with E-state index in [1.165, 1.54) is 4.90 Å². The van der Waals surface area contributed by atoms with Crippen LogP contribution in [0.5, 0.6) is 5.75 Å². The third kappa shape index (κ3) is 5.35. The van der Waals surface area contributed by atoms with E-state index in [9.17, 15) is 9.59 Å². The van der Waals surface area contributed by atoms with Gasteiger partial charge in [0.15, 0.2) is 11.6 Å². The molecule has 0 fully saturated rings. The zero-order valence-electron chi connectivity index (χ0n) is 22.8. The lowest BCUT2D eigenvalue weighted by Crippen LogP contribution is -2.51. The van der Waals surface area contributed by atoms with Crippen LogP contribution in [0.3, 0.4) is 0 Å². The fraction of sp³-hybridized carbons (Fsp3) is 0.206. The summed E-state index contributed by atoms with van der Waals surface area (Å²) in [4.78, 5) is 35.0. The third-order valence-corrected chi connectivity index (χ3v) is 8.10. The van der Waals surface area contributed by atoms with E-state index in [1.807, 2.05) is 78.9 Å². The molecule has 2 heterocycles. The first kappa shape index (κ1) is 27.9. The predicted molar refractivity (Wildman–Crippen MR) is 162 cm³/mol. The van der Waals surface area contributed by atoms with Gasteiger partial charge in [-0.25, -0.2) is 4.99 Å². The molecule has 0 spiro atoms. The first-order chi connectivity index (χ1) is 20.5. The second-order valence-electron chi connectivity index (χ2n) is 10.4. The second-order valence-corrected chi connectivity index (χ2v) is 11.3. The molecule has 2 aliphatic rings. The van der Waals surface area contributed by atoms with Crippen LogP contribution in [0.1, 0.15) is 45.1 Å². The zero-order chi connectivity index (χ0) is 29.1. The van der Waals surface area contributed by atoms with E-state index in [-0.39, 0.29) is 25.5 Å². The normalized spacial score (nSPS) is 19.3. The Balaban J connectivity index is 1.47. The Morgan fingerprint density at radius 2 is 1.69 bits per heavy atom. The number of aliphatic imine (C=N–C) groups is 1. The first-order valence-electron chi connectivity index (χ1n) is 13.8. The number of hydrogen-bond donors (Lipinski definition) is 1. The molecule has 2 amide bonds. The summed E-state index contributed by atoms with van der Waals surface area (Å²) in [6, 6.07) is 31.6. The highest BCUT2D eigenvalue weighted by atomic mass is 79.9. The van der Waals surface area contributed by atoms with E-state index in [4.69, 9.17) is 19.6 Å². The van der Waals surface area contributed by atoms with Crippen molar-refractivity contribution in [2.75, 3.05) is 13.2 Å². The molecular weight excluding hydrogens is 596 g/mol. The molecule has 4 aromatic carbocycles. The van der Waals surface area contributed by atoms with Crippen LogP contribution < -0.4 is 4.74 Å². The van der Waals surface area contributed by atoms with Gasteiger partial charge in [0, 0.05) is 40.6 Å². The topological polar surface area (TPSA) is 88.4 Å². The van der Waals surface area contributed by atoms with E-state index in [0.717, 1.165) is 21.2 Å². The zero-order valence-corrected chi connectivity index (χ0v) is 24.4. The van der Waals surface area contributed by atoms with Crippen molar-refractivity contribution in [3.05, 3.63) is 135 Å². The molecule has 0 saturated carbocycles. The molecule has 6 rings (SSSR count). The molecule has 7 nitrogen and oxygen atoms in total. The molecule has 0 unspecified atom stereocenters. The molecule has 0 aliphatic carbocycles. The van der Waals surface area contributed by atoms with Crippen molar-refractivity contribution in [1.29, 1.82) is 0 Å². The van der Waals surface area contributed by atoms with Gasteiger partial charge in [-0.2, -0.15) is 0 Å². The van der Waals surface area contributed by atoms with Crippen LogP contribution in [0, 0.1) is 0 Å². The fourth-order valence-electron chi connectivity index (χ4n) is 5.47. The molecular formula is C34H29BrN2O5. The fourth-order valence-corrected chi connectivity index (χ4v) is 5.73. The Morgan fingerprint density at radius 1 is 0.976 bits per heavy atom. The number of fused-ring (bicyclic) bond motifs is 3. The van der Waals surface area contributed by atoms with Crippen molar-refractivity contribution < 1.29 is 24.2 Å². The molecule has 42 heavy (non-hydrogen) atoms. The van der Waals surface area contributed by atoms with Crippen molar-refractivity contribution in [1.82, 2.24) is 4.90 Å². The molecule has 0 radical (unpaired) electrons. The molecule has 1 N–H and O–H groups in total. The average molecular weight is 626 g/mol. The molecule has 0 saturated heterocycles. The number of nitrogens with zero attached hydrogens (tertiary/aromatic N) is 2. The molecule has 0 aromatic heterocycles. The number of hydrogen-bond acceptors (Lipinski definition) is 6. The van der Waals surface area contributed by atoms with E-state index in [2.05, 4.69) is 15.9 Å². The van der Waals surface area contributed by atoms with Gasteiger partial charge in [0.1, 0.15) is 5.75 Å². The molecule has 212 valence electrons. The van der Waals surface area contributed by atoms with E-state index in [1.54, 1.807) is 24.3 Å². The number of aliphatic hydroxyl groups excluding tert-OH is 1. The van der Waals surface area contributed by atoms with E-state index >= 15 is 0 Å². The Kier molecular flexibility index (Phi) is 7.91. The summed E-state index contributed by atoms with van der Waals surface area (Å²) in [5, 5.41) is 9.04. The van der Waals surface area contributed by atoms with Gasteiger partial charge >= 0.3 is 0 Å². The molecule has 2 aliphatic heterocycles. The number of aliphatic hydroxyl groups is 1. The predicted octanol–water partition coefficient (Wildman–Crippen LogP) is 5.89. The van der Waals surface area contributed by atoms with Gasteiger partial charge < -0.3 is 14.6 Å². The second kappa shape index (κ2) is 11.9. The van der Waals surface area contributed by atoms with E-state index < -0.39 is 17.6 Å². The van der Waals surface area contributed by atoms with Gasteiger partial charge in [-0.15, -0.1) is 0 Å². The van der Waals surface area contributed by atoms with E-state index in [0.29, 0.717) is 35.8 Å². The van der Waals surface area contributed by atoms with Crippen LogP contribution in [0.4, 0.5) is 0 Å². The van der Waals surface area contributed by atoms with Crippen molar-refractivity contribution in [3.63, 3.8) is 0 Å². The van der Waals surface area contributed by atoms with Crippen LogP contribution in [-0.2, 0) is 22.5 Å².